The molecule has 5 rings (SSSR count). The van der Waals surface area contributed by atoms with Crippen molar-refractivity contribution in [3.05, 3.63) is 58.7 Å². The Kier molecular flexibility index (Phi) is 3.64. The number of fused-ring (bicyclic) bond motifs is 2. The van der Waals surface area contributed by atoms with Crippen LogP contribution in [0.5, 0.6) is 5.75 Å². The maximum atomic E-state index is 5.50. The summed E-state index contributed by atoms with van der Waals surface area (Å²) >= 11 is 1.50. The van der Waals surface area contributed by atoms with Crippen molar-refractivity contribution < 1.29 is 9.26 Å². The monoisotopic (exact) mass is 377 g/mol. The molecule has 3 heterocycles. The fourth-order valence-electron chi connectivity index (χ4n) is 3.07. The van der Waals surface area contributed by atoms with Crippen LogP contribution in [0.3, 0.4) is 0 Å². The molecule has 0 aliphatic rings. The molecule has 0 unspecified atom stereocenters. The molecule has 7 nitrogen and oxygen atoms in total. The second-order valence-electron chi connectivity index (χ2n) is 6.20. The van der Waals surface area contributed by atoms with Crippen molar-refractivity contribution in [1.82, 2.24) is 25.0 Å². The first-order chi connectivity index (χ1) is 13.2. The third kappa shape index (κ3) is 2.65. The highest BCUT2D eigenvalue weighted by Gasteiger charge is 2.16. The van der Waals surface area contributed by atoms with E-state index in [0.29, 0.717) is 12.2 Å². The number of aromatic nitrogens is 5. The van der Waals surface area contributed by atoms with Gasteiger partial charge in [0.05, 0.1) is 12.8 Å². The Morgan fingerprint density at radius 3 is 2.78 bits per heavy atom. The Bertz CT molecular complexity index is 1250. The predicted octanol–water partition coefficient (Wildman–Crippen LogP) is 3.90. The van der Waals surface area contributed by atoms with Gasteiger partial charge in [0.25, 0.3) is 0 Å². The summed E-state index contributed by atoms with van der Waals surface area (Å²) in [7, 11) is 1.64. The maximum Gasteiger partial charge on any atom is 0.234 e. The van der Waals surface area contributed by atoms with Crippen molar-refractivity contribution >= 4 is 27.3 Å². The van der Waals surface area contributed by atoms with Crippen LogP contribution in [0.1, 0.15) is 16.3 Å². The standard InChI is InChI=1S/C19H15N5O2S/c1-11-4-3-5-14-15(23-26-17(11)14)10-16-22-24-18(20-21-19(24)27-16)12-6-8-13(25-2)9-7-12/h3-9H,10H2,1-2H3. The number of para-hydroxylation sites is 1. The summed E-state index contributed by atoms with van der Waals surface area (Å²) in [6.45, 7) is 2.02. The molecule has 0 atom stereocenters. The molecule has 0 spiro atoms. The van der Waals surface area contributed by atoms with E-state index in [1.165, 1.54) is 11.3 Å². The lowest BCUT2D eigenvalue weighted by molar-refractivity contribution is 0.415. The Labute approximate surface area is 158 Å². The van der Waals surface area contributed by atoms with Crippen LogP contribution in [0.15, 0.2) is 47.0 Å². The lowest BCUT2D eigenvalue weighted by Gasteiger charge is -2.00. The van der Waals surface area contributed by atoms with Gasteiger partial charge < -0.3 is 9.26 Å². The van der Waals surface area contributed by atoms with Crippen LogP contribution < -0.4 is 4.74 Å². The van der Waals surface area contributed by atoms with Gasteiger partial charge in [-0.05, 0) is 42.8 Å². The first kappa shape index (κ1) is 16.0. The van der Waals surface area contributed by atoms with E-state index in [2.05, 4.69) is 15.4 Å². The van der Waals surface area contributed by atoms with Crippen molar-refractivity contribution in [2.45, 2.75) is 13.3 Å². The average Bonchev–Trinajstić information content (AvgIpc) is 3.37. The zero-order valence-corrected chi connectivity index (χ0v) is 15.5. The summed E-state index contributed by atoms with van der Waals surface area (Å²) < 4.78 is 12.5. The number of rotatable bonds is 4. The first-order valence-electron chi connectivity index (χ1n) is 8.42. The number of methoxy groups -OCH3 is 1. The van der Waals surface area contributed by atoms with Gasteiger partial charge in [0.2, 0.25) is 4.96 Å². The van der Waals surface area contributed by atoms with E-state index in [0.717, 1.165) is 43.5 Å². The molecule has 5 aromatic rings. The molecule has 0 bridgehead atoms. The van der Waals surface area contributed by atoms with E-state index in [1.54, 1.807) is 11.6 Å². The molecule has 0 aliphatic carbocycles. The summed E-state index contributed by atoms with van der Waals surface area (Å²) in [6.07, 6.45) is 0.590. The Morgan fingerprint density at radius 2 is 1.96 bits per heavy atom. The van der Waals surface area contributed by atoms with Crippen LogP contribution in [-0.2, 0) is 6.42 Å². The minimum Gasteiger partial charge on any atom is -0.497 e. The highest BCUT2D eigenvalue weighted by Crippen LogP contribution is 2.27. The van der Waals surface area contributed by atoms with E-state index in [4.69, 9.17) is 14.4 Å². The van der Waals surface area contributed by atoms with E-state index in [-0.39, 0.29) is 0 Å². The third-order valence-corrected chi connectivity index (χ3v) is 5.37. The van der Waals surface area contributed by atoms with Crippen molar-refractivity contribution in [2.75, 3.05) is 7.11 Å². The minimum atomic E-state index is 0.590. The molecule has 0 radical (unpaired) electrons. The largest absolute Gasteiger partial charge is 0.497 e. The van der Waals surface area contributed by atoms with E-state index >= 15 is 0 Å². The second kappa shape index (κ2) is 6.17. The number of benzene rings is 2. The number of hydrogen-bond acceptors (Lipinski definition) is 7. The Morgan fingerprint density at radius 1 is 1.11 bits per heavy atom. The van der Waals surface area contributed by atoms with Crippen LogP contribution in [-0.4, -0.2) is 32.1 Å². The van der Waals surface area contributed by atoms with Crippen LogP contribution in [0.4, 0.5) is 0 Å². The number of nitrogens with zero attached hydrogens (tertiary/aromatic N) is 5. The number of ether oxygens (including phenoxy) is 1. The smallest absolute Gasteiger partial charge is 0.234 e. The molecule has 0 saturated heterocycles. The Hall–Kier alpha value is -3.26. The van der Waals surface area contributed by atoms with E-state index < -0.39 is 0 Å². The Balaban J connectivity index is 1.51. The van der Waals surface area contributed by atoms with Gasteiger partial charge in [-0.2, -0.15) is 9.61 Å². The normalized spacial score (nSPS) is 11.5. The van der Waals surface area contributed by atoms with Gasteiger partial charge >= 0.3 is 0 Å². The van der Waals surface area contributed by atoms with Gasteiger partial charge in [0.15, 0.2) is 11.4 Å². The van der Waals surface area contributed by atoms with Gasteiger partial charge in [0.1, 0.15) is 10.8 Å². The second-order valence-corrected chi connectivity index (χ2v) is 7.24. The summed E-state index contributed by atoms with van der Waals surface area (Å²) in [5.41, 5.74) is 3.72. The number of hydrogen-bond donors (Lipinski definition) is 0. The summed E-state index contributed by atoms with van der Waals surface area (Å²) in [4.78, 5) is 0.750. The SMILES string of the molecule is COc1ccc(-c2nnc3sc(Cc4noc5c(C)cccc45)nn23)cc1. The lowest BCUT2D eigenvalue weighted by atomic mass is 10.1. The molecule has 27 heavy (non-hydrogen) atoms. The first-order valence-corrected chi connectivity index (χ1v) is 9.24. The molecule has 3 aromatic heterocycles. The van der Waals surface area contributed by atoms with Crippen molar-refractivity contribution in [1.29, 1.82) is 0 Å². The molecule has 0 aliphatic heterocycles. The van der Waals surface area contributed by atoms with Crippen LogP contribution in [0, 0.1) is 6.92 Å². The molecule has 0 amide bonds. The molecule has 0 fully saturated rings. The predicted molar refractivity (Wildman–Crippen MR) is 102 cm³/mol. The fraction of sp³-hybridized carbons (Fsp3) is 0.158. The minimum absolute atomic E-state index is 0.590. The average molecular weight is 377 g/mol. The lowest BCUT2D eigenvalue weighted by Crippen LogP contribution is -1.94. The van der Waals surface area contributed by atoms with E-state index in [9.17, 15) is 0 Å². The van der Waals surface area contributed by atoms with Crippen molar-refractivity contribution in [3.8, 4) is 17.1 Å². The van der Waals surface area contributed by atoms with Gasteiger partial charge in [0, 0.05) is 17.4 Å². The molecular formula is C19H15N5O2S. The molecular weight excluding hydrogens is 362 g/mol. The maximum absolute atomic E-state index is 5.50. The van der Waals surface area contributed by atoms with E-state index in [1.807, 2.05) is 49.4 Å². The van der Waals surface area contributed by atoms with Gasteiger partial charge in [-0.3, -0.25) is 0 Å². The molecule has 134 valence electrons. The van der Waals surface area contributed by atoms with Crippen LogP contribution >= 0.6 is 11.3 Å². The number of aryl methyl sites for hydroxylation is 1. The summed E-state index contributed by atoms with van der Waals surface area (Å²) in [6, 6.07) is 13.7. The summed E-state index contributed by atoms with van der Waals surface area (Å²) in [5.74, 6) is 1.50. The zero-order chi connectivity index (χ0) is 18.4. The van der Waals surface area contributed by atoms with Gasteiger partial charge in [-0.25, -0.2) is 0 Å². The molecule has 8 heteroatoms. The van der Waals surface area contributed by atoms with Crippen molar-refractivity contribution in [3.63, 3.8) is 0 Å². The van der Waals surface area contributed by atoms with Gasteiger partial charge in [-0.1, -0.05) is 28.6 Å². The molecule has 2 aromatic carbocycles. The van der Waals surface area contributed by atoms with Crippen LogP contribution in [0.2, 0.25) is 0 Å². The van der Waals surface area contributed by atoms with Crippen molar-refractivity contribution in [2.24, 2.45) is 0 Å². The highest BCUT2D eigenvalue weighted by molar-refractivity contribution is 7.16. The fourth-order valence-corrected chi connectivity index (χ4v) is 3.91. The quantitative estimate of drug-likeness (QED) is 0.473. The topological polar surface area (TPSA) is 78.3 Å². The van der Waals surface area contributed by atoms with Gasteiger partial charge in [-0.15, -0.1) is 10.2 Å². The third-order valence-electron chi connectivity index (χ3n) is 4.47. The zero-order valence-electron chi connectivity index (χ0n) is 14.7. The highest BCUT2D eigenvalue weighted by atomic mass is 32.1. The molecule has 0 saturated carbocycles. The molecule has 0 N–H and O–H groups in total. The van der Waals surface area contributed by atoms with Crippen LogP contribution in [0.25, 0.3) is 27.3 Å². The summed E-state index contributed by atoms with van der Waals surface area (Å²) in [5, 5.41) is 19.4.